The van der Waals surface area contributed by atoms with Crippen LogP contribution < -0.4 is 5.73 Å². The van der Waals surface area contributed by atoms with Crippen LogP contribution in [0.4, 0.5) is 0 Å². The van der Waals surface area contributed by atoms with Crippen LogP contribution in [0.5, 0.6) is 0 Å². The van der Waals surface area contributed by atoms with E-state index in [1.54, 1.807) is 4.90 Å². The fourth-order valence-electron chi connectivity index (χ4n) is 1.73. The smallest absolute Gasteiger partial charge is 0.242 e. The predicted molar refractivity (Wildman–Crippen MR) is 57.9 cm³/mol. The molecule has 0 aromatic carbocycles. The molecule has 1 unspecified atom stereocenters. The summed E-state index contributed by atoms with van der Waals surface area (Å²) >= 11 is 0. The van der Waals surface area contributed by atoms with Gasteiger partial charge in [-0.3, -0.25) is 4.79 Å². The Labute approximate surface area is 86.6 Å². The number of hydrogen-bond donors (Lipinski definition) is 1. The first kappa shape index (κ1) is 11.5. The maximum absolute atomic E-state index is 11.9. The first-order valence-corrected chi connectivity index (χ1v) is 5.52. The number of carbonyl (C=O) groups excluding carboxylic acids is 1. The summed E-state index contributed by atoms with van der Waals surface area (Å²) in [5, 5.41) is 0. The van der Waals surface area contributed by atoms with Crippen molar-refractivity contribution in [3.8, 4) is 0 Å². The van der Waals surface area contributed by atoms with Crippen molar-refractivity contribution in [1.82, 2.24) is 4.90 Å². The lowest BCUT2D eigenvalue weighted by atomic mass is 9.85. The molecule has 1 aliphatic rings. The van der Waals surface area contributed by atoms with Crippen LogP contribution in [0.15, 0.2) is 0 Å². The molecule has 1 rings (SSSR count). The molecule has 1 fully saturated rings. The molecule has 0 spiro atoms. The van der Waals surface area contributed by atoms with Gasteiger partial charge < -0.3 is 10.6 Å². The summed E-state index contributed by atoms with van der Waals surface area (Å²) in [7, 11) is 1.86. The summed E-state index contributed by atoms with van der Waals surface area (Å²) in [6.45, 7) is 4.65. The zero-order valence-corrected chi connectivity index (χ0v) is 9.55. The summed E-state index contributed by atoms with van der Waals surface area (Å²) in [4.78, 5) is 13.7. The van der Waals surface area contributed by atoms with Crippen LogP contribution in [0.2, 0.25) is 0 Å². The van der Waals surface area contributed by atoms with Crippen molar-refractivity contribution in [1.29, 1.82) is 0 Å². The molecular formula is C11H22N2O. The maximum Gasteiger partial charge on any atom is 0.242 e. The van der Waals surface area contributed by atoms with E-state index in [-0.39, 0.29) is 5.91 Å². The van der Waals surface area contributed by atoms with E-state index >= 15 is 0 Å². The molecule has 0 aromatic rings. The Morgan fingerprint density at radius 2 is 2.14 bits per heavy atom. The summed E-state index contributed by atoms with van der Waals surface area (Å²) in [6, 6.07) is 0. The number of nitrogens with zero attached hydrogens (tertiary/aromatic N) is 1. The fourth-order valence-corrected chi connectivity index (χ4v) is 1.73. The van der Waals surface area contributed by atoms with Gasteiger partial charge in [-0.05, 0) is 32.1 Å². The van der Waals surface area contributed by atoms with Gasteiger partial charge in [-0.25, -0.2) is 0 Å². The summed E-state index contributed by atoms with van der Waals surface area (Å²) in [5.74, 6) is 0.795. The number of carbonyl (C=O) groups is 1. The first-order valence-electron chi connectivity index (χ1n) is 5.52. The van der Waals surface area contributed by atoms with Crippen LogP contribution in [0, 0.1) is 5.92 Å². The summed E-state index contributed by atoms with van der Waals surface area (Å²) in [5.41, 5.74) is 5.22. The molecular weight excluding hydrogens is 176 g/mol. The molecule has 3 nitrogen and oxygen atoms in total. The van der Waals surface area contributed by atoms with E-state index in [0.29, 0.717) is 6.42 Å². The average molecular weight is 198 g/mol. The normalized spacial score (nSPS) is 21.1. The summed E-state index contributed by atoms with van der Waals surface area (Å²) in [6.07, 6.45) is 4.55. The van der Waals surface area contributed by atoms with Gasteiger partial charge in [0.15, 0.2) is 0 Å². The minimum absolute atomic E-state index is 0.0758. The molecule has 1 amide bonds. The lowest BCUT2D eigenvalue weighted by Crippen LogP contribution is -2.52. The van der Waals surface area contributed by atoms with Crippen molar-refractivity contribution in [3.05, 3.63) is 0 Å². The third kappa shape index (κ3) is 2.47. The van der Waals surface area contributed by atoms with E-state index < -0.39 is 5.54 Å². The standard InChI is InChI=1S/C11H22N2O/c1-4-11(2,12)10(14)13(3)8-9-6-5-7-9/h9H,4-8,12H2,1-3H3. The van der Waals surface area contributed by atoms with E-state index in [9.17, 15) is 4.79 Å². The van der Waals surface area contributed by atoms with E-state index in [1.807, 2.05) is 20.9 Å². The van der Waals surface area contributed by atoms with Crippen molar-refractivity contribution in [2.24, 2.45) is 11.7 Å². The van der Waals surface area contributed by atoms with Gasteiger partial charge >= 0.3 is 0 Å². The van der Waals surface area contributed by atoms with Crippen LogP contribution in [-0.4, -0.2) is 29.9 Å². The van der Waals surface area contributed by atoms with Crippen molar-refractivity contribution in [2.75, 3.05) is 13.6 Å². The van der Waals surface area contributed by atoms with Crippen molar-refractivity contribution < 1.29 is 4.79 Å². The lowest BCUT2D eigenvalue weighted by Gasteiger charge is -2.34. The molecule has 0 saturated heterocycles. The molecule has 14 heavy (non-hydrogen) atoms. The maximum atomic E-state index is 11.9. The Morgan fingerprint density at radius 1 is 1.57 bits per heavy atom. The van der Waals surface area contributed by atoms with Gasteiger partial charge in [0.05, 0.1) is 5.54 Å². The Bertz CT molecular complexity index is 209. The Hall–Kier alpha value is -0.570. The van der Waals surface area contributed by atoms with Gasteiger partial charge in [0.1, 0.15) is 0 Å². The number of amides is 1. The number of rotatable bonds is 4. The number of hydrogen-bond acceptors (Lipinski definition) is 2. The van der Waals surface area contributed by atoms with Gasteiger partial charge in [-0.15, -0.1) is 0 Å². The molecule has 1 atom stereocenters. The minimum Gasteiger partial charge on any atom is -0.344 e. The van der Waals surface area contributed by atoms with Gasteiger partial charge in [0.2, 0.25) is 5.91 Å². The highest BCUT2D eigenvalue weighted by atomic mass is 16.2. The minimum atomic E-state index is -0.682. The van der Waals surface area contributed by atoms with E-state index in [2.05, 4.69) is 0 Å². The van der Waals surface area contributed by atoms with Crippen molar-refractivity contribution in [3.63, 3.8) is 0 Å². The van der Waals surface area contributed by atoms with E-state index in [4.69, 9.17) is 5.73 Å². The molecule has 0 aliphatic heterocycles. The Morgan fingerprint density at radius 3 is 2.50 bits per heavy atom. The van der Waals surface area contributed by atoms with E-state index in [0.717, 1.165) is 12.5 Å². The third-order valence-corrected chi connectivity index (χ3v) is 3.33. The molecule has 2 N–H and O–H groups in total. The number of likely N-dealkylation sites (N-methyl/N-ethyl adjacent to an activating group) is 1. The fraction of sp³-hybridized carbons (Fsp3) is 0.909. The molecule has 0 aromatic heterocycles. The highest BCUT2D eigenvalue weighted by Crippen LogP contribution is 2.27. The largest absolute Gasteiger partial charge is 0.344 e. The molecule has 82 valence electrons. The quantitative estimate of drug-likeness (QED) is 0.741. The second-order valence-electron chi connectivity index (χ2n) is 4.75. The zero-order chi connectivity index (χ0) is 10.8. The second-order valence-corrected chi connectivity index (χ2v) is 4.75. The van der Waals surface area contributed by atoms with Crippen LogP contribution >= 0.6 is 0 Å². The van der Waals surface area contributed by atoms with Crippen LogP contribution in [0.1, 0.15) is 39.5 Å². The zero-order valence-electron chi connectivity index (χ0n) is 9.55. The average Bonchev–Trinajstić information content (AvgIpc) is 2.09. The molecule has 1 aliphatic carbocycles. The molecule has 3 heteroatoms. The van der Waals surface area contributed by atoms with Crippen molar-refractivity contribution in [2.45, 2.75) is 45.1 Å². The molecule has 1 saturated carbocycles. The highest BCUT2D eigenvalue weighted by molar-refractivity contribution is 5.85. The lowest BCUT2D eigenvalue weighted by molar-refractivity contribution is -0.136. The molecule has 0 radical (unpaired) electrons. The third-order valence-electron chi connectivity index (χ3n) is 3.33. The van der Waals surface area contributed by atoms with Crippen LogP contribution in [0.25, 0.3) is 0 Å². The molecule has 0 heterocycles. The SMILES string of the molecule is CCC(C)(N)C(=O)N(C)CC1CCC1. The monoisotopic (exact) mass is 198 g/mol. The van der Waals surface area contributed by atoms with Crippen LogP contribution in [-0.2, 0) is 4.79 Å². The van der Waals surface area contributed by atoms with E-state index in [1.165, 1.54) is 19.3 Å². The van der Waals surface area contributed by atoms with Gasteiger partial charge in [0.25, 0.3) is 0 Å². The van der Waals surface area contributed by atoms with Gasteiger partial charge in [0, 0.05) is 13.6 Å². The topological polar surface area (TPSA) is 46.3 Å². The van der Waals surface area contributed by atoms with Crippen molar-refractivity contribution >= 4 is 5.91 Å². The van der Waals surface area contributed by atoms with Gasteiger partial charge in [-0.1, -0.05) is 13.3 Å². The first-order chi connectivity index (χ1) is 6.47. The summed E-state index contributed by atoms with van der Waals surface area (Å²) < 4.78 is 0. The predicted octanol–water partition coefficient (Wildman–Crippen LogP) is 1.37. The molecule has 0 bridgehead atoms. The Balaban J connectivity index is 2.42. The number of nitrogens with two attached hydrogens (primary N) is 1. The van der Waals surface area contributed by atoms with Crippen LogP contribution in [0.3, 0.4) is 0 Å². The van der Waals surface area contributed by atoms with Gasteiger partial charge in [-0.2, -0.15) is 0 Å². The highest BCUT2D eigenvalue weighted by Gasteiger charge is 2.31. The Kier molecular flexibility index (Phi) is 3.53. The second kappa shape index (κ2) is 4.30.